The molecule has 1 unspecified atom stereocenters. The van der Waals surface area contributed by atoms with Crippen molar-refractivity contribution in [2.75, 3.05) is 13.2 Å². The molecule has 126 valence electrons. The van der Waals surface area contributed by atoms with Gasteiger partial charge in [0.1, 0.15) is 0 Å². The summed E-state index contributed by atoms with van der Waals surface area (Å²) in [6.45, 7) is 6.42. The zero-order chi connectivity index (χ0) is 15.2. The van der Waals surface area contributed by atoms with E-state index < -0.39 is 8.38 Å². The van der Waals surface area contributed by atoms with Crippen LogP contribution in [0.4, 0.5) is 0 Å². The molecule has 21 heavy (non-hydrogen) atoms. The van der Waals surface area contributed by atoms with Crippen LogP contribution in [-0.4, -0.2) is 18.9 Å². The predicted molar refractivity (Wildman–Crippen MR) is 94.0 cm³/mol. The molecule has 0 amide bonds. The van der Waals surface area contributed by atoms with E-state index in [1.54, 1.807) is 0 Å². The van der Waals surface area contributed by atoms with E-state index in [0.29, 0.717) is 5.66 Å². The second kappa shape index (κ2) is 14.0. The highest BCUT2D eigenvalue weighted by Crippen LogP contribution is 2.50. The summed E-state index contributed by atoms with van der Waals surface area (Å²) in [6, 6.07) is 0. The number of hydrogen-bond acceptors (Lipinski definition) is 2. The van der Waals surface area contributed by atoms with Crippen LogP contribution in [0.2, 0.25) is 0 Å². The average Bonchev–Trinajstić information content (AvgIpc) is 2.53. The van der Waals surface area contributed by atoms with E-state index in [1.807, 2.05) is 0 Å². The first-order valence-corrected chi connectivity index (χ1v) is 10.7. The second-order valence-corrected chi connectivity index (χ2v) is 8.18. The largest absolute Gasteiger partial charge is 0.334 e. The Hall–Kier alpha value is 0.350. The fourth-order valence-corrected chi connectivity index (χ4v) is 4.84. The standard InChI is InChI=1S/C18H37O2P/c1-3-5-7-9-10-12-15-18(14-11-8-6-4-2)21-19-16-13-17-20-21/h18H,3-17H2,1-2H3. The molecule has 1 fully saturated rings. The maximum absolute atomic E-state index is 5.94. The molecule has 0 saturated carbocycles. The molecule has 1 rings (SSSR count). The number of hydrogen-bond donors (Lipinski definition) is 0. The van der Waals surface area contributed by atoms with Crippen molar-refractivity contribution < 1.29 is 9.05 Å². The van der Waals surface area contributed by atoms with Crippen molar-refractivity contribution >= 4 is 8.38 Å². The molecule has 2 nitrogen and oxygen atoms in total. The molecule has 0 aromatic heterocycles. The smallest absolute Gasteiger partial charge is 0.173 e. The first kappa shape index (κ1) is 19.4. The summed E-state index contributed by atoms with van der Waals surface area (Å²) in [5, 5.41) is 0. The van der Waals surface area contributed by atoms with E-state index in [0.717, 1.165) is 19.6 Å². The minimum absolute atomic E-state index is 0.584. The van der Waals surface area contributed by atoms with E-state index in [2.05, 4.69) is 13.8 Å². The van der Waals surface area contributed by atoms with Gasteiger partial charge in [-0.2, -0.15) is 0 Å². The van der Waals surface area contributed by atoms with E-state index >= 15 is 0 Å². The molecule has 0 aromatic rings. The Balaban J connectivity index is 2.19. The van der Waals surface area contributed by atoms with Crippen LogP contribution < -0.4 is 0 Å². The summed E-state index contributed by atoms with van der Waals surface area (Å²) in [6.07, 6.45) is 17.5. The van der Waals surface area contributed by atoms with Gasteiger partial charge in [0.05, 0.1) is 13.2 Å². The van der Waals surface area contributed by atoms with E-state index in [1.165, 1.54) is 77.0 Å². The van der Waals surface area contributed by atoms with Crippen molar-refractivity contribution in [2.24, 2.45) is 0 Å². The number of unbranched alkanes of at least 4 members (excludes halogenated alkanes) is 8. The van der Waals surface area contributed by atoms with Gasteiger partial charge in [-0.1, -0.05) is 78.1 Å². The van der Waals surface area contributed by atoms with Crippen LogP contribution in [0.15, 0.2) is 0 Å². The summed E-state index contributed by atoms with van der Waals surface area (Å²) in [5.74, 6) is 0. The van der Waals surface area contributed by atoms with Crippen molar-refractivity contribution in [2.45, 2.75) is 103 Å². The van der Waals surface area contributed by atoms with Crippen molar-refractivity contribution in [3.63, 3.8) is 0 Å². The van der Waals surface area contributed by atoms with Gasteiger partial charge in [0, 0.05) is 5.66 Å². The van der Waals surface area contributed by atoms with Gasteiger partial charge in [-0.25, -0.2) is 0 Å². The van der Waals surface area contributed by atoms with Crippen LogP contribution >= 0.6 is 8.38 Å². The molecule has 0 aromatic carbocycles. The third-order valence-corrected chi connectivity index (χ3v) is 6.29. The minimum Gasteiger partial charge on any atom is -0.334 e. The topological polar surface area (TPSA) is 18.5 Å². The Morgan fingerprint density at radius 3 is 1.76 bits per heavy atom. The maximum Gasteiger partial charge on any atom is 0.173 e. The van der Waals surface area contributed by atoms with Crippen LogP contribution in [0.25, 0.3) is 0 Å². The van der Waals surface area contributed by atoms with Gasteiger partial charge in [0.15, 0.2) is 8.38 Å². The molecule has 0 radical (unpaired) electrons. The van der Waals surface area contributed by atoms with Gasteiger partial charge < -0.3 is 9.05 Å². The van der Waals surface area contributed by atoms with Gasteiger partial charge in [0.2, 0.25) is 0 Å². The van der Waals surface area contributed by atoms with E-state index in [-0.39, 0.29) is 0 Å². The lowest BCUT2D eigenvalue weighted by Crippen LogP contribution is -2.15. The van der Waals surface area contributed by atoms with Crippen LogP contribution in [0.3, 0.4) is 0 Å². The lowest BCUT2D eigenvalue weighted by atomic mass is 10.0. The van der Waals surface area contributed by atoms with E-state index in [9.17, 15) is 0 Å². The molecule has 1 aliphatic rings. The SMILES string of the molecule is CCCCCCCCC(CCCCCC)P1OCCCO1. The van der Waals surface area contributed by atoms with Crippen LogP contribution in [-0.2, 0) is 9.05 Å². The van der Waals surface area contributed by atoms with Gasteiger partial charge >= 0.3 is 0 Å². The third kappa shape index (κ3) is 9.87. The summed E-state index contributed by atoms with van der Waals surface area (Å²) < 4.78 is 11.9. The fraction of sp³-hybridized carbons (Fsp3) is 1.00. The Morgan fingerprint density at radius 1 is 0.714 bits per heavy atom. The van der Waals surface area contributed by atoms with Crippen LogP contribution in [0, 0.1) is 0 Å². The molecule has 3 heteroatoms. The van der Waals surface area contributed by atoms with Gasteiger partial charge in [0.25, 0.3) is 0 Å². The van der Waals surface area contributed by atoms with Crippen molar-refractivity contribution in [3.05, 3.63) is 0 Å². The Morgan fingerprint density at radius 2 is 1.19 bits per heavy atom. The monoisotopic (exact) mass is 316 g/mol. The molecular weight excluding hydrogens is 279 g/mol. The van der Waals surface area contributed by atoms with Crippen molar-refractivity contribution in [1.82, 2.24) is 0 Å². The predicted octanol–water partition coefficient (Wildman–Crippen LogP) is 6.82. The summed E-state index contributed by atoms with van der Waals surface area (Å²) in [4.78, 5) is 0. The molecule has 1 aliphatic heterocycles. The highest BCUT2D eigenvalue weighted by molar-refractivity contribution is 7.48. The Kier molecular flexibility index (Phi) is 12.9. The van der Waals surface area contributed by atoms with Gasteiger partial charge in [-0.05, 0) is 19.3 Å². The normalized spacial score (nSPS) is 18.0. The van der Waals surface area contributed by atoms with Crippen LogP contribution in [0.1, 0.15) is 97.3 Å². The maximum atomic E-state index is 5.94. The summed E-state index contributed by atoms with van der Waals surface area (Å²) in [5.41, 5.74) is 0.698. The molecule has 0 N–H and O–H groups in total. The Labute approximate surface area is 134 Å². The van der Waals surface area contributed by atoms with Gasteiger partial charge in [-0.15, -0.1) is 0 Å². The minimum atomic E-state index is -0.584. The highest BCUT2D eigenvalue weighted by atomic mass is 31.2. The molecule has 1 atom stereocenters. The zero-order valence-corrected chi connectivity index (χ0v) is 15.3. The first-order valence-electron chi connectivity index (χ1n) is 9.43. The molecule has 0 aliphatic carbocycles. The van der Waals surface area contributed by atoms with Crippen LogP contribution in [0.5, 0.6) is 0 Å². The molecule has 1 heterocycles. The quantitative estimate of drug-likeness (QED) is 0.274. The molecular formula is C18H37O2P. The second-order valence-electron chi connectivity index (χ2n) is 6.36. The molecule has 1 saturated heterocycles. The molecule has 0 spiro atoms. The first-order chi connectivity index (χ1) is 10.4. The lowest BCUT2D eigenvalue weighted by molar-refractivity contribution is 0.174. The Bertz CT molecular complexity index is 217. The summed E-state index contributed by atoms with van der Waals surface area (Å²) >= 11 is 0. The van der Waals surface area contributed by atoms with Crippen molar-refractivity contribution in [1.29, 1.82) is 0 Å². The van der Waals surface area contributed by atoms with Crippen molar-refractivity contribution in [3.8, 4) is 0 Å². The molecule has 0 bridgehead atoms. The van der Waals surface area contributed by atoms with E-state index in [4.69, 9.17) is 9.05 Å². The average molecular weight is 316 g/mol. The summed E-state index contributed by atoms with van der Waals surface area (Å²) in [7, 11) is -0.584. The zero-order valence-electron chi connectivity index (χ0n) is 14.4. The van der Waals surface area contributed by atoms with Gasteiger partial charge in [-0.3, -0.25) is 0 Å². The highest BCUT2D eigenvalue weighted by Gasteiger charge is 2.25. The fourth-order valence-electron chi connectivity index (χ4n) is 2.94. The third-order valence-electron chi connectivity index (χ3n) is 4.31. The lowest BCUT2D eigenvalue weighted by Gasteiger charge is -2.29. The number of rotatable bonds is 13.